The molecular weight excluding hydrogens is 446 g/mol. The summed E-state index contributed by atoms with van der Waals surface area (Å²) in [5, 5.41) is 3.22. The van der Waals surface area contributed by atoms with Crippen LogP contribution in [0, 0.1) is 5.92 Å². The fraction of sp³-hybridized carbons (Fsp3) is 0.333. The zero-order valence-electron chi connectivity index (χ0n) is 20.1. The zero-order valence-corrected chi connectivity index (χ0v) is 20.1. The van der Waals surface area contributed by atoms with Gasteiger partial charge in [0.1, 0.15) is 11.7 Å². The number of piperazine rings is 1. The maximum atomic E-state index is 15.2. The van der Waals surface area contributed by atoms with E-state index in [2.05, 4.69) is 38.3 Å². The van der Waals surface area contributed by atoms with Crippen LogP contribution in [0.4, 0.5) is 20.3 Å². The van der Waals surface area contributed by atoms with Gasteiger partial charge in [0.15, 0.2) is 0 Å². The summed E-state index contributed by atoms with van der Waals surface area (Å²) in [5.41, 5.74) is 4.80. The third-order valence-electron chi connectivity index (χ3n) is 6.87. The topological polar surface area (TPSA) is 47.0 Å². The molecule has 1 aliphatic carbocycles. The minimum atomic E-state index is -3.05. The lowest BCUT2D eigenvalue weighted by Gasteiger charge is -2.37. The lowest BCUT2D eigenvalue weighted by atomic mass is 9.89. The molecule has 5 rings (SSSR count). The van der Waals surface area contributed by atoms with Gasteiger partial charge in [0.05, 0.1) is 23.5 Å². The standard InChI is InChI=1S/C27H30F2N6/c1-18(2)33-11-13-34(14-12-33)22-6-8-26(31-17-22)32-19(3)15-21-5-7-23-24(16-21)27(28,29)35-20(4)30-10-9-25(23)35/h5-10,16-17,24H,1,3,11-15H2,2,4H3,(H,31,32). The second-order valence-corrected chi connectivity index (χ2v) is 9.32. The summed E-state index contributed by atoms with van der Waals surface area (Å²) in [6, 6.07) is 0.918. The number of allylic oxidation sites excluding steroid dienone is 5. The Hall–Kier alpha value is -3.68. The van der Waals surface area contributed by atoms with Gasteiger partial charge in [-0.2, -0.15) is 8.78 Å². The van der Waals surface area contributed by atoms with Crippen molar-refractivity contribution < 1.29 is 8.78 Å². The Morgan fingerprint density at radius 2 is 1.91 bits per heavy atom. The van der Waals surface area contributed by atoms with E-state index in [1.54, 1.807) is 31.4 Å². The van der Waals surface area contributed by atoms with E-state index in [0.717, 1.165) is 48.0 Å². The van der Waals surface area contributed by atoms with Crippen LogP contribution in [0.15, 0.2) is 95.2 Å². The summed E-state index contributed by atoms with van der Waals surface area (Å²) >= 11 is 0. The summed E-state index contributed by atoms with van der Waals surface area (Å²) in [6.45, 7) is 15.5. The van der Waals surface area contributed by atoms with Crippen molar-refractivity contribution in [1.82, 2.24) is 14.8 Å². The van der Waals surface area contributed by atoms with E-state index in [-0.39, 0.29) is 0 Å². The van der Waals surface area contributed by atoms with E-state index in [1.807, 2.05) is 31.3 Å². The Balaban J connectivity index is 1.21. The molecule has 0 spiro atoms. The molecule has 1 saturated heterocycles. The number of anilines is 2. The number of hydrogen-bond donors (Lipinski definition) is 1. The number of alkyl halides is 2. The maximum Gasteiger partial charge on any atom is 0.341 e. The van der Waals surface area contributed by atoms with Gasteiger partial charge in [0.25, 0.3) is 0 Å². The Kier molecular flexibility index (Phi) is 5.83. The predicted octanol–water partition coefficient (Wildman–Crippen LogP) is 5.27. The quantitative estimate of drug-likeness (QED) is 0.567. The summed E-state index contributed by atoms with van der Waals surface area (Å²) < 4.78 is 30.4. The van der Waals surface area contributed by atoms with Crippen LogP contribution >= 0.6 is 0 Å². The SMILES string of the molecule is C=C(CC1=CC2C(=C3C=CN=C(C)N3C2(F)F)C=C1)Nc1ccc(N2CCN(C(=C)C)CC2)cn1. The average Bonchev–Trinajstić information content (AvgIpc) is 3.07. The monoisotopic (exact) mass is 476 g/mol. The first-order valence-electron chi connectivity index (χ1n) is 11.8. The Labute approximate surface area is 205 Å². The van der Waals surface area contributed by atoms with Crippen LogP contribution in [0.25, 0.3) is 0 Å². The number of halogens is 2. The van der Waals surface area contributed by atoms with Gasteiger partial charge in [0.2, 0.25) is 0 Å². The van der Waals surface area contributed by atoms with Crippen molar-refractivity contribution >= 4 is 17.3 Å². The molecule has 1 N–H and O–H groups in total. The van der Waals surface area contributed by atoms with Crippen molar-refractivity contribution in [2.75, 3.05) is 36.4 Å². The molecule has 0 bridgehead atoms. The van der Waals surface area contributed by atoms with Crippen LogP contribution in [0.3, 0.4) is 0 Å². The van der Waals surface area contributed by atoms with Gasteiger partial charge >= 0.3 is 6.05 Å². The van der Waals surface area contributed by atoms with Gasteiger partial charge in [-0.15, -0.1) is 0 Å². The molecule has 4 aliphatic rings. The van der Waals surface area contributed by atoms with E-state index in [0.29, 0.717) is 35.0 Å². The van der Waals surface area contributed by atoms with E-state index < -0.39 is 12.0 Å². The Morgan fingerprint density at radius 1 is 1.14 bits per heavy atom. The van der Waals surface area contributed by atoms with Gasteiger partial charge in [0, 0.05) is 50.2 Å². The zero-order chi connectivity index (χ0) is 24.7. The largest absolute Gasteiger partial charge is 0.372 e. The minimum Gasteiger partial charge on any atom is -0.372 e. The molecule has 0 saturated carbocycles. The first-order chi connectivity index (χ1) is 16.7. The van der Waals surface area contributed by atoms with Crippen LogP contribution in [0.2, 0.25) is 0 Å². The highest BCUT2D eigenvalue weighted by molar-refractivity contribution is 5.86. The summed E-state index contributed by atoms with van der Waals surface area (Å²) in [5.74, 6) is -0.0279. The van der Waals surface area contributed by atoms with E-state index in [9.17, 15) is 0 Å². The second kappa shape index (κ2) is 8.83. The third-order valence-corrected chi connectivity index (χ3v) is 6.87. The number of hydrogen-bond acceptors (Lipinski definition) is 6. The van der Waals surface area contributed by atoms with Crippen molar-refractivity contribution in [3.63, 3.8) is 0 Å². The highest BCUT2D eigenvalue weighted by Gasteiger charge is 2.55. The summed E-state index contributed by atoms with van der Waals surface area (Å²) in [6.07, 6.45) is 10.8. The van der Waals surface area contributed by atoms with Crippen molar-refractivity contribution in [2.24, 2.45) is 10.9 Å². The number of aromatic nitrogens is 1. The van der Waals surface area contributed by atoms with Crippen LogP contribution in [-0.4, -0.2) is 52.8 Å². The molecule has 0 radical (unpaired) electrons. The molecule has 4 heterocycles. The molecule has 3 aliphatic heterocycles. The second-order valence-electron chi connectivity index (χ2n) is 9.32. The number of rotatable bonds is 6. The molecule has 6 nitrogen and oxygen atoms in total. The predicted molar refractivity (Wildman–Crippen MR) is 137 cm³/mol. The fourth-order valence-corrected chi connectivity index (χ4v) is 5.04. The first-order valence-corrected chi connectivity index (χ1v) is 11.8. The molecule has 35 heavy (non-hydrogen) atoms. The molecule has 1 fully saturated rings. The molecule has 0 aromatic carbocycles. The smallest absolute Gasteiger partial charge is 0.341 e. The van der Waals surface area contributed by atoms with Gasteiger partial charge in [-0.3, -0.25) is 4.90 Å². The van der Waals surface area contributed by atoms with Crippen molar-refractivity contribution in [1.29, 1.82) is 0 Å². The Bertz CT molecular complexity index is 1200. The number of nitrogens with one attached hydrogen (secondary N) is 1. The normalized spacial score (nSPS) is 22.5. The van der Waals surface area contributed by atoms with Crippen LogP contribution in [0.1, 0.15) is 20.3 Å². The number of fused-ring (bicyclic) bond motifs is 2. The molecule has 8 heteroatoms. The number of aliphatic imine (C=N–C) groups is 1. The van der Waals surface area contributed by atoms with Crippen molar-refractivity contribution in [3.05, 3.63) is 90.2 Å². The molecule has 1 aromatic heterocycles. The van der Waals surface area contributed by atoms with Gasteiger partial charge < -0.3 is 15.1 Å². The number of amidine groups is 1. The lowest BCUT2D eigenvalue weighted by Crippen LogP contribution is -2.45. The van der Waals surface area contributed by atoms with E-state index >= 15 is 8.78 Å². The van der Waals surface area contributed by atoms with Gasteiger partial charge in [-0.05, 0) is 43.2 Å². The average molecular weight is 477 g/mol. The number of pyridine rings is 1. The van der Waals surface area contributed by atoms with Gasteiger partial charge in [-0.25, -0.2) is 9.98 Å². The molecule has 1 unspecified atom stereocenters. The van der Waals surface area contributed by atoms with Crippen LogP contribution in [0.5, 0.6) is 0 Å². The minimum absolute atomic E-state index is 0.302. The van der Waals surface area contributed by atoms with E-state index in [4.69, 9.17) is 0 Å². The maximum absolute atomic E-state index is 15.2. The molecule has 0 amide bonds. The third kappa shape index (κ3) is 4.29. The van der Waals surface area contributed by atoms with Crippen LogP contribution < -0.4 is 10.2 Å². The fourth-order valence-electron chi connectivity index (χ4n) is 5.04. The number of nitrogens with zero attached hydrogens (tertiary/aromatic N) is 5. The van der Waals surface area contributed by atoms with Gasteiger partial charge in [-0.1, -0.05) is 31.4 Å². The van der Waals surface area contributed by atoms with E-state index in [1.165, 1.54) is 0 Å². The summed E-state index contributed by atoms with van der Waals surface area (Å²) in [4.78, 5) is 14.2. The van der Waals surface area contributed by atoms with Crippen molar-refractivity contribution in [2.45, 2.75) is 26.3 Å². The molecule has 182 valence electrons. The highest BCUT2D eigenvalue weighted by atomic mass is 19.3. The molecule has 1 aromatic rings. The van der Waals surface area contributed by atoms with Crippen molar-refractivity contribution in [3.8, 4) is 0 Å². The highest BCUT2D eigenvalue weighted by Crippen LogP contribution is 2.49. The summed E-state index contributed by atoms with van der Waals surface area (Å²) in [7, 11) is 0. The van der Waals surface area contributed by atoms with Crippen LogP contribution in [-0.2, 0) is 0 Å². The molecule has 1 atom stereocenters. The Morgan fingerprint density at radius 3 is 2.60 bits per heavy atom. The lowest BCUT2D eigenvalue weighted by molar-refractivity contribution is -0.102. The molecular formula is C27H30F2N6. The first kappa shape index (κ1) is 23.1.